The van der Waals surface area contributed by atoms with Crippen LogP contribution >= 0.6 is 0 Å². The van der Waals surface area contributed by atoms with Crippen LogP contribution < -0.4 is 5.32 Å². The highest BCUT2D eigenvalue weighted by Crippen LogP contribution is 2.24. The Labute approximate surface area is 174 Å². The third-order valence-corrected chi connectivity index (χ3v) is 5.01. The van der Waals surface area contributed by atoms with Crippen molar-refractivity contribution in [1.29, 1.82) is 0 Å². The third-order valence-electron chi connectivity index (χ3n) is 5.01. The molecule has 0 saturated heterocycles. The van der Waals surface area contributed by atoms with E-state index in [1.807, 2.05) is 37.4 Å². The van der Waals surface area contributed by atoms with Gasteiger partial charge >= 0.3 is 0 Å². The van der Waals surface area contributed by atoms with E-state index in [2.05, 4.69) is 14.9 Å². The number of fused-ring (bicyclic) bond motifs is 1. The monoisotopic (exact) mass is 413 g/mol. The summed E-state index contributed by atoms with van der Waals surface area (Å²) in [5.41, 5.74) is 1.68. The summed E-state index contributed by atoms with van der Waals surface area (Å²) in [5.74, 6) is -0.783. The molecular weight excluding hydrogens is 388 g/mol. The van der Waals surface area contributed by atoms with E-state index in [-0.39, 0.29) is 30.4 Å². The van der Waals surface area contributed by atoms with Gasteiger partial charge in [0.05, 0.1) is 0 Å². The first-order valence-corrected chi connectivity index (χ1v) is 9.95. The largest absolute Gasteiger partial charge is 0.352 e. The fourth-order valence-corrected chi connectivity index (χ4v) is 3.32. The number of alkyl halides is 2. The van der Waals surface area contributed by atoms with Crippen molar-refractivity contribution in [2.75, 3.05) is 0 Å². The zero-order valence-electron chi connectivity index (χ0n) is 17.3. The lowest BCUT2D eigenvalue weighted by atomic mass is 9.99. The Morgan fingerprint density at radius 3 is 2.57 bits per heavy atom. The maximum atomic E-state index is 13.4. The normalized spacial score (nSPS) is 11.4. The van der Waals surface area contributed by atoms with E-state index < -0.39 is 17.9 Å². The first-order valence-electron chi connectivity index (χ1n) is 9.95. The summed E-state index contributed by atoms with van der Waals surface area (Å²) in [6, 6.07) is 9.06. The molecule has 1 N–H and O–H groups in total. The predicted octanol–water partition coefficient (Wildman–Crippen LogP) is 4.69. The van der Waals surface area contributed by atoms with Crippen LogP contribution in [0.1, 0.15) is 54.4 Å². The van der Waals surface area contributed by atoms with Crippen molar-refractivity contribution in [1.82, 2.24) is 14.9 Å². The molecule has 0 aliphatic carbocycles. The molecule has 0 spiro atoms. The van der Waals surface area contributed by atoms with Crippen LogP contribution in [0.15, 0.2) is 42.7 Å². The van der Waals surface area contributed by atoms with Crippen molar-refractivity contribution >= 4 is 22.6 Å². The summed E-state index contributed by atoms with van der Waals surface area (Å²) in [5, 5.41) is 3.71. The highest BCUT2D eigenvalue weighted by atomic mass is 19.3. The van der Waals surface area contributed by atoms with Crippen LogP contribution in [0.3, 0.4) is 0 Å². The highest BCUT2D eigenvalue weighted by Gasteiger charge is 2.21. The van der Waals surface area contributed by atoms with E-state index >= 15 is 0 Å². The summed E-state index contributed by atoms with van der Waals surface area (Å²) < 4.78 is 29.0. The summed E-state index contributed by atoms with van der Waals surface area (Å²) in [7, 11) is 0. The summed E-state index contributed by atoms with van der Waals surface area (Å²) in [4.78, 5) is 28.4. The number of halogens is 2. The Kier molecular flexibility index (Phi) is 6.59. The van der Waals surface area contributed by atoms with Gasteiger partial charge in [-0.1, -0.05) is 19.9 Å². The molecule has 30 heavy (non-hydrogen) atoms. The topological polar surface area (TPSA) is 64.0 Å². The Morgan fingerprint density at radius 1 is 1.13 bits per heavy atom. The lowest BCUT2D eigenvalue weighted by Gasteiger charge is -2.12. The minimum atomic E-state index is -2.86. The van der Waals surface area contributed by atoms with Crippen LogP contribution in [-0.2, 0) is 24.3 Å². The van der Waals surface area contributed by atoms with Gasteiger partial charge in [0, 0.05) is 48.9 Å². The number of Topliss-reactive ketones (excluding diaryl/α,β-unsaturated/α-hetero) is 1. The molecule has 0 atom stereocenters. The van der Waals surface area contributed by atoms with Crippen molar-refractivity contribution in [2.24, 2.45) is 5.92 Å². The average molecular weight is 413 g/mol. The van der Waals surface area contributed by atoms with Crippen LogP contribution in [0.25, 0.3) is 10.9 Å². The molecule has 0 bridgehead atoms. The van der Waals surface area contributed by atoms with Crippen LogP contribution in [-0.4, -0.2) is 21.2 Å². The molecule has 0 aliphatic heterocycles. The maximum Gasteiger partial charge on any atom is 0.281 e. The summed E-state index contributed by atoms with van der Waals surface area (Å²) >= 11 is 0. The number of nitrogens with zero attached hydrogens (tertiary/aromatic N) is 2. The first kappa shape index (κ1) is 21.6. The number of pyridine rings is 1. The Bertz CT molecular complexity index is 1070. The number of carbonyl (C=O) groups excluding carboxylic acids is 2. The fourth-order valence-electron chi connectivity index (χ4n) is 3.32. The minimum absolute atomic E-state index is 0.00352. The number of amides is 1. The van der Waals surface area contributed by atoms with E-state index in [0.29, 0.717) is 5.56 Å². The van der Waals surface area contributed by atoms with Gasteiger partial charge < -0.3 is 9.88 Å². The highest BCUT2D eigenvalue weighted by molar-refractivity contribution is 5.99. The van der Waals surface area contributed by atoms with Gasteiger partial charge in [-0.05, 0) is 47.7 Å². The smallest absolute Gasteiger partial charge is 0.281 e. The van der Waals surface area contributed by atoms with Crippen molar-refractivity contribution in [2.45, 2.75) is 46.7 Å². The second-order valence-corrected chi connectivity index (χ2v) is 7.54. The van der Waals surface area contributed by atoms with Gasteiger partial charge in [-0.3, -0.25) is 14.6 Å². The lowest BCUT2D eigenvalue weighted by Crippen LogP contribution is -2.27. The van der Waals surface area contributed by atoms with Crippen molar-refractivity contribution < 1.29 is 18.4 Å². The van der Waals surface area contributed by atoms with E-state index in [9.17, 15) is 18.4 Å². The molecule has 2 aromatic heterocycles. The average Bonchev–Trinajstić information content (AvgIpc) is 3.13. The zero-order chi connectivity index (χ0) is 21.8. The Morgan fingerprint density at radius 2 is 1.90 bits per heavy atom. The number of hydrogen-bond donors (Lipinski definition) is 1. The van der Waals surface area contributed by atoms with E-state index in [0.717, 1.165) is 23.0 Å². The van der Waals surface area contributed by atoms with Crippen LogP contribution in [0.5, 0.6) is 0 Å². The summed E-state index contributed by atoms with van der Waals surface area (Å²) in [6.07, 6.45) is 0.392. The summed E-state index contributed by atoms with van der Waals surface area (Å²) in [6.45, 7) is 6.53. The number of rotatable bonds is 8. The molecule has 3 rings (SSSR count). The first-order chi connectivity index (χ1) is 14.3. The molecule has 1 amide bonds. The van der Waals surface area contributed by atoms with Crippen LogP contribution in [0.2, 0.25) is 0 Å². The van der Waals surface area contributed by atoms with Gasteiger partial charge in [0.2, 0.25) is 5.91 Å². The quantitative estimate of drug-likeness (QED) is 0.545. The molecular formula is C23H25F2N3O2. The van der Waals surface area contributed by atoms with Crippen LogP contribution in [0, 0.1) is 5.92 Å². The Balaban J connectivity index is 1.84. The van der Waals surface area contributed by atoms with E-state index in [4.69, 9.17) is 0 Å². The van der Waals surface area contributed by atoms with Gasteiger partial charge in [-0.2, -0.15) is 0 Å². The number of nitrogens with one attached hydrogen (secondary N) is 1. The van der Waals surface area contributed by atoms with Gasteiger partial charge in [0.1, 0.15) is 5.69 Å². The fraction of sp³-hybridized carbons (Fsp3) is 0.348. The van der Waals surface area contributed by atoms with Crippen molar-refractivity contribution in [3.63, 3.8) is 0 Å². The number of carbonyl (C=O) groups is 2. The second kappa shape index (κ2) is 9.15. The van der Waals surface area contributed by atoms with Crippen molar-refractivity contribution in [3.05, 3.63) is 65.1 Å². The maximum absolute atomic E-state index is 13.4. The standard InChI is InChI=1S/C23H25F2N3O2/c1-4-28-8-7-17-9-15(5-6-19(17)28)11-20(29)18-10-16(12-26-21(18)22(24)25)13-27-23(30)14(2)3/h5-10,12,14,22H,4,11,13H2,1-3H3,(H,27,30). The number of benzene rings is 1. The van der Waals surface area contributed by atoms with Gasteiger partial charge in [0.15, 0.2) is 5.78 Å². The zero-order valence-corrected chi connectivity index (χ0v) is 17.3. The Hall–Kier alpha value is -3.09. The van der Waals surface area contributed by atoms with E-state index in [1.165, 1.54) is 12.3 Å². The molecule has 0 radical (unpaired) electrons. The number of aryl methyl sites for hydroxylation is 1. The number of aromatic nitrogens is 2. The molecule has 0 aliphatic rings. The second-order valence-electron chi connectivity index (χ2n) is 7.54. The minimum Gasteiger partial charge on any atom is -0.352 e. The molecule has 2 heterocycles. The van der Waals surface area contributed by atoms with E-state index in [1.54, 1.807) is 13.8 Å². The molecule has 7 heteroatoms. The van der Waals surface area contributed by atoms with Crippen LogP contribution in [0.4, 0.5) is 8.78 Å². The molecule has 0 fully saturated rings. The molecule has 0 unspecified atom stereocenters. The molecule has 3 aromatic rings. The van der Waals surface area contributed by atoms with Crippen molar-refractivity contribution in [3.8, 4) is 0 Å². The van der Waals surface area contributed by atoms with Gasteiger partial charge in [0.25, 0.3) is 6.43 Å². The predicted molar refractivity (Wildman–Crippen MR) is 112 cm³/mol. The molecule has 1 aromatic carbocycles. The third kappa shape index (κ3) is 4.72. The van der Waals surface area contributed by atoms with Gasteiger partial charge in [-0.15, -0.1) is 0 Å². The molecule has 5 nitrogen and oxygen atoms in total. The molecule has 158 valence electrons. The lowest BCUT2D eigenvalue weighted by molar-refractivity contribution is -0.124. The molecule has 0 saturated carbocycles. The van der Waals surface area contributed by atoms with Gasteiger partial charge in [-0.25, -0.2) is 8.78 Å². The number of hydrogen-bond acceptors (Lipinski definition) is 3. The SMILES string of the molecule is CCn1ccc2cc(CC(=O)c3cc(CNC(=O)C(C)C)cnc3C(F)F)ccc21. The number of ketones is 1.